The van der Waals surface area contributed by atoms with Crippen LogP contribution in [-0.2, 0) is 4.79 Å². The van der Waals surface area contributed by atoms with Crippen molar-refractivity contribution in [1.29, 1.82) is 0 Å². The number of nitro groups is 1. The quantitative estimate of drug-likeness (QED) is 0.520. The molecule has 0 unspecified atom stereocenters. The normalized spacial score (nSPS) is 19.0. The summed E-state index contributed by atoms with van der Waals surface area (Å²) in [5.41, 5.74) is 1.65. The zero-order chi connectivity index (χ0) is 24.1. The summed E-state index contributed by atoms with van der Waals surface area (Å²) < 4.78 is 0. The summed E-state index contributed by atoms with van der Waals surface area (Å²) in [5.74, 6) is 0.181. The molecule has 0 bridgehead atoms. The molecule has 1 N–H and O–H groups in total. The summed E-state index contributed by atoms with van der Waals surface area (Å²) >= 11 is 0. The highest BCUT2D eigenvalue weighted by Crippen LogP contribution is 2.32. The van der Waals surface area contributed by atoms with Gasteiger partial charge in [0.05, 0.1) is 11.5 Å². The van der Waals surface area contributed by atoms with Gasteiger partial charge in [-0.1, -0.05) is 25.1 Å². The molecular weight excluding hydrogens is 434 g/mol. The van der Waals surface area contributed by atoms with Gasteiger partial charge in [-0.3, -0.25) is 24.6 Å². The minimum atomic E-state index is -0.394. The molecule has 2 aromatic rings. The average molecular weight is 466 g/mol. The van der Waals surface area contributed by atoms with Gasteiger partial charge in [0.15, 0.2) is 0 Å². The van der Waals surface area contributed by atoms with E-state index in [1.54, 1.807) is 17.0 Å². The molecule has 2 heterocycles. The van der Waals surface area contributed by atoms with Crippen LogP contribution < -0.4 is 10.2 Å². The van der Waals surface area contributed by atoms with Crippen LogP contribution >= 0.6 is 0 Å². The number of benzene rings is 2. The number of piperidine rings is 1. The lowest BCUT2D eigenvalue weighted by molar-refractivity contribution is -0.384. The van der Waals surface area contributed by atoms with Crippen LogP contribution in [0.15, 0.2) is 48.5 Å². The molecule has 0 aliphatic carbocycles. The van der Waals surface area contributed by atoms with Crippen molar-refractivity contribution in [3.63, 3.8) is 0 Å². The minimum Gasteiger partial charge on any atom is -0.366 e. The smallest absolute Gasteiger partial charge is 0.293 e. The number of amides is 2. The molecule has 0 aromatic heterocycles. The Hall–Kier alpha value is -3.46. The Kier molecular flexibility index (Phi) is 7.42. The van der Waals surface area contributed by atoms with E-state index in [-0.39, 0.29) is 24.0 Å². The Labute approximate surface area is 199 Å². The summed E-state index contributed by atoms with van der Waals surface area (Å²) in [5, 5.41) is 14.7. The van der Waals surface area contributed by atoms with E-state index in [4.69, 9.17) is 0 Å². The second-order valence-electron chi connectivity index (χ2n) is 9.14. The Morgan fingerprint density at radius 1 is 1.06 bits per heavy atom. The van der Waals surface area contributed by atoms with Gasteiger partial charge in [0.2, 0.25) is 5.91 Å². The average Bonchev–Trinajstić information content (AvgIpc) is 2.84. The highest BCUT2D eigenvalue weighted by Gasteiger charge is 2.28. The molecule has 9 nitrogen and oxygen atoms in total. The van der Waals surface area contributed by atoms with Gasteiger partial charge >= 0.3 is 0 Å². The van der Waals surface area contributed by atoms with E-state index >= 15 is 0 Å². The first kappa shape index (κ1) is 23.7. The minimum absolute atomic E-state index is 0.0174. The molecule has 0 radical (unpaired) electrons. The topological polar surface area (TPSA) is 99.0 Å². The van der Waals surface area contributed by atoms with Crippen LogP contribution in [0.4, 0.5) is 17.1 Å². The third-order valence-electron chi connectivity index (χ3n) is 6.50. The van der Waals surface area contributed by atoms with Gasteiger partial charge in [-0.25, -0.2) is 0 Å². The molecule has 9 heteroatoms. The van der Waals surface area contributed by atoms with Gasteiger partial charge in [-0.2, -0.15) is 0 Å². The van der Waals surface area contributed by atoms with Crippen molar-refractivity contribution < 1.29 is 14.5 Å². The van der Waals surface area contributed by atoms with Crippen LogP contribution in [-0.4, -0.2) is 72.4 Å². The highest BCUT2D eigenvalue weighted by atomic mass is 16.6. The summed E-state index contributed by atoms with van der Waals surface area (Å²) in [6, 6.07) is 14.1. The van der Waals surface area contributed by atoms with Gasteiger partial charge in [0.25, 0.3) is 11.6 Å². The van der Waals surface area contributed by atoms with Gasteiger partial charge in [0, 0.05) is 56.6 Å². The van der Waals surface area contributed by atoms with Crippen molar-refractivity contribution in [2.75, 3.05) is 56.0 Å². The number of nitrogens with one attached hydrogen (secondary N) is 1. The second kappa shape index (κ2) is 10.6. The fourth-order valence-corrected chi connectivity index (χ4v) is 4.70. The first-order chi connectivity index (χ1) is 16.4. The number of carbonyl (C=O) groups excluding carboxylic acids is 2. The van der Waals surface area contributed by atoms with Crippen LogP contribution in [0.5, 0.6) is 0 Å². The number of nitrogens with zero attached hydrogens (tertiary/aromatic N) is 4. The van der Waals surface area contributed by atoms with Crippen LogP contribution in [0.3, 0.4) is 0 Å². The maximum atomic E-state index is 13.1. The third kappa shape index (κ3) is 5.72. The lowest BCUT2D eigenvalue weighted by Gasteiger charge is -2.34. The fraction of sp³-hybridized carbons (Fsp3) is 0.440. The summed E-state index contributed by atoms with van der Waals surface area (Å²) in [4.78, 5) is 42.5. The molecule has 2 aromatic carbocycles. The number of anilines is 2. The lowest BCUT2D eigenvalue weighted by atomic mass is 9.99. The Morgan fingerprint density at radius 2 is 1.79 bits per heavy atom. The van der Waals surface area contributed by atoms with E-state index in [0.29, 0.717) is 43.3 Å². The fourth-order valence-electron chi connectivity index (χ4n) is 4.70. The van der Waals surface area contributed by atoms with Crippen LogP contribution in [0, 0.1) is 16.0 Å². The maximum Gasteiger partial charge on any atom is 0.293 e. The molecule has 2 fully saturated rings. The SMILES string of the molecule is C[C@@H]1CCCN(c2ccc(C(=O)N3CCN(CC(=O)Nc4ccccc4)CC3)cc2[N+](=O)[O-])C1. The molecule has 1 atom stereocenters. The summed E-state index contributed by atoms with van der Waals surface area (Å²) in [6.45, 7) is 6.06. The van der Waals surface area contributed by atoms with Gasteiger partial charge in [0.1, 0.15) is 5.69 Å². The van der Waals surface area contributed by atoms with E-state index in [1.165, 1.54) is 6.07 Å². The maximum absolute atomic E-state index is 13.1. The van der Waals surface area contributed by atoms with Crippen molar-refractivity contribution in [3.8, 4) is 0 Å². The zero-order valence-corrected chi connectivity index (χ0v) is 19.5. The number of carbonyl (C=O) groups is 2. The molecule has 0 saturated carbocycles. The van der Waals surface area contributed by atoms with E-state index in [2.05, 4.69) is 17.1 Å². The first-order valence-electron chi connectivity index (χ1n) is 11.8. The molecular formula is C25H31N5O4. The third-order valence-corrected chi connectivity index (χ3v) is 6.50. The number of hydrogen-bond donors (Lipinski definition) is 1. The van der Waals surface area contributed by atoms with E-state index in [9.17, 15) is 19.7 Å². The Morgan fingerprint density at radius 3 is 2.47 bits per heavy atom. The van der Waals surface area contributed by atoms with Gasteiger partial charge in [-0.15, -0.1) is 0 Å². The van der Waals surface area contributed by atoms with Crippen LogP contribution in [0.2, 0.25) is 0 Å². The zero-order valence-electron chi connectivity index (χ0n) is 19.5. The van der Waals surface area contributed by atoms with Crippen LogP contribution in [0.1, 0.15) is 30.1 Å². The van der Waals surface area contributed by atoms with Crippen molar-refractivity contribution in [2.24, 2.45) is 5.92 Å². The molecule has 0 spiro atoms. The molecule has 2 aliphatic rings. The molecule has 2 aliphatic heterocycles. The number of para-hydroxylation sites is 1. The summed E-state index contributed by atoms with van der Waals surface area (Å²) in [6.07, 6.45) is 2.13. The second-order valence-corrected chi connectivity index (χ2v) is 9.14. The van der Waals surface area contributed by atoms with Crippen molar-refractivity contribution >= 4 is 28.9 Å². The molecule has 2 saturated heterocycles. The van der Waals surface area contributed by atoms with Crippen molar-refractivity contribution in [3.05, 3.63) is 64.2 Å². The first-order valence-corrected chi connectivity index (χ1v) is 11.8. The van der Waals surface area contributed by atoms with Crippen molar-refractivity contribution in [1.82, 2.24) is 9.80 Å². The lowest BCUT2D eigenvalue weighted by Crippen LogP contribution is -2.50. The Bertz CT molecular complexity index is 1040. The van der Waals surface area contributed by atoms with E-state index in [0.717, 1.165) is 31.6 Å². The van der Waals surface area contributed by atoms with Crippen molar-refractivity contribution in [2.45, 2.75) is 19.8 Å². The van der Waals surface area contributed by atoms with Crippen LogP contribution in [0.25, 0.3) is 0 Å². The molecule has 4 rings (SSSR count). The highest BCUT2D eigenvalue weighted by molar-refractivity contribution is 5.96. The predicted molar refractivity (Wildman–Crippen MR) is 131 cm³/mol. The Balaban J connectivity index is 1.35. The summed E-state index contributed by atoms with van der Waals surface area (Å²) in [7, 11) is 0. The molecule has 180 valence electrons. The number of piperazine rings is 1. The number of hydrogen-bond acceptors (Lipinski definition) is 6. The largest absolute Gasteiger partial charge is 0.366 e. The number of nitro benzene ring substituents is 1. The van der Waals surface area contributed by atoms with Gasteiger partial charge in [-0.05, 0) is 43.0 Å². The van der Waals surface area contributed by atoms with E-state index in [1.807, 2.05) is 35.2 Å². The molecule has 34 heavy (non-hydrogen) atoms. The number of rotatable bonds is 6. The molecule has 2 amide bonds. The van der Waals surface area contributed by atoms with E-state index < -0.39 is 4.92 Å². The monoisotopic (exact) mass is 465 g/mol. The standard InChI is InChI=1S/C25H31N5O4/c1-19-6-5-11-29(17-19)22-10-9-20(16-23(22)30(33)34)25(32)28-14-12-27(13-15-28)18-24(31)26-21-7-3-2-4-8-21/h2-4,7-10,16,19H,5-6,11-15,17-18H2,1H3,(H,26,31)/t19-/m1/s1. The predicted octanol–water partition coefficient (Wildman–Crippen LogP) is 3.23. The van der Waals surface area contributed by atoms with Gasteiger partial charge < -0.3 is 15.1 Å².